The number of nitrogens with zero attached hydrogens (tertiary/aromatic N) is 3. The van der Waals surface area contributed by atoms with Crippen LogP contribution in [0.3, 0.4) is 0 Å². The number of aromatic nitrogens is 3. The van der Waals surface area contributed by atoms with E-state index in [1.807, 2.05) is 35.7 Å². The molecule has 0 saturated heterocycles. The van der Waals surface area contributed by atoms with Gasteiger partial charge in [0.25, 0.3) is 0 Å². The minimum Gasteiger partial charge on any atom is -0.496 e. The minimum absolute atomic E-state index is 0.103. The number of hydrogen-bond acceptors (Lipinski definition) is 5. The number of fused-ring (bicyclic) bond motifs is 1. The predicted molar refractivity (Wildman–Crippen MR) is 80.2 cm³/mol. The maximum atomic E-state index is 5.86. The molecule has 0 aliphatic rings. The van der Waals surface area contributed by atoms with E-state index in [4.69, 9.17) is 10.5 Å². The number of nitrogens with two attached hydrogens (primary N) is 1. The van der Waals surface area contributed by atoms with Gasteiger partial charge in [0.05, 0.1) is 18.4 Å². The monoisotopic (exact) mass is 288 g/mol. The average Bonchev–Trinajstić information content (AvgIpc) is 3.00. The SMILES string of the molecule is COc1ccccc1-c1nc2scc(CC(C)N)n2n1. The van der Waals surface area contributed by atoms with Crippen LogP contribution in [0.15, 0.2) is 29.6 Å². The Labute approximate surface area is 121 Å². The number of methoxy groups -OCH3 is 1. The van der Waals surface area contributed by atoms with Gasteiger partial charge in [-0.1, -0.05) is 12.1 Å². The lowest BCUT2D eigenvalue weighted by Gasteiger charge is -2.04. The highest BCUT2D eigenvalue weighted by molar-refractivity contribution is 7.15. The van der Waals surface area contributed by atoms with E-state index in [2.05, 4.69) is 15.5 Å². The Hall–Kier alpha value is -1.92. The fourth-order valence-electron chi connectivity index (χ4n) is 2.14. The van der Waals surface area contributed by atoms with Gasteiger partial charge in [0.2, 0.25) is 4.96 Å². The Morgan fingerprint density at radius 2 is 2.20 bits per heavy atom. The zero-order valence-electron chi connectivity index (χ0n) is 11.4. The zero-order chi connectivity index (χ0) is 14.1. The fraction of sp³-hybridized carbons (Fsp3) is 0.286. The van der Waals surface area contributed by atoms with E-state index < -0.39 is 0 Å². The van der Waals surface area contributed by atoms with Crippen LogP contribution in [-0.4, -0.2) is 27.7 Å². The molecule has 0 amide bonds. The van der Waals surface area contributed by atoms with Gasteiger partial charge in [0.1, 0.15) is 5.75 Å². The number of para-hydroxylation sites is 1. The highest BCUT2D eigenvalue weighted by Gasteiger charge is 2.14. The molecule has 104 valence electrons. The van der Waals surface area contributed by atoms with Crippen LogP contribution in [0.5, 0.6) is 5.75 Å². The average molecular weight is 288 g/mol. The lowest BCUT2D eigenvalue weighted by Crippen LogP contribution is -2.18. The van der Waals surface area contributed by atoms with Crippen LogP contribution in [0, 0.1) is 0 Å². The molecule has 6 heteroatoms. The molecule has 0 aliphatic carbocycles. The highest BCUT2D eigenvalue weighted by Crippen LogP contribution is 2.28. The molecule has 1 aromatic carbocycles. The first-order valence-electron chi connectivity index (χ1n) is 6.41. The molecule has 3 aromatic rings. The lowest BCUT2D eigenvalue weighted by atomic mass is 10.2. The van der Waals surface area contributed by atoms with Gasteiger partial charge < -0.3 is 10.5 Å². The third-order valence-corrected chi connectivity index (χ3v) is 3.89. The molecule has 0 saturated carbocycles. The molecule has 5 nitrogen and oxygen atoms in total. The van der Waals surface area contributed by atoms with Crippen LogP contribution in [0.1, 0.15) is 12.6 Å². The third kappa shape index (κ3) is 2.28. The van der Waals surface area contributed by atoms with Crippen molar-refractivity contribution < 1.29 is 4.74 Å². The number of benzene rings is 1. The molecule has 3 rings (SSSR count). The Bertz CT molecular complexity index is 732. The van der Waals surface area contributed by atoms with Crippen LogP contribution in [0.4, 0.5) is 0 Å². The molecule has 0 bridgehead atoms. The highest BCUT2D eigenvalue weighted by atomic mass is 32.1. The van der Waals surface area contributed by atoms with Gasteiger partial charge in [-0.2, -0.15) is 4.98 Å². The summed E-state index contributed by atoms with van der Waals surface area (Å²) in [7, 11) is 1.65. The van der Waals surface area contributed by atoms with E-state index in [-0.39, 0.29) is 6.04 Å². The van der Waals surface area contributed by atoms with Crippen molar-refractivity contribution >= 4 is 16.3 Å². The fourth-order valence-corrected chi connectivity index (χ4v) is 2.97. The Kier molecular flexibility index (Phi) is 3.42. The second kappa shape index (κ2) is 5.22. The predicted octanol–water partition coefficient (Wildman–Crippen LogP) is 2.36. The standard InChI is InChI=1S/C14H16N4OS/c1-9(15)7-10-8-20-14-16-13(17-18(10)14)11-5-3-4-6-12(11)19-2/h3-6,8-9H,7,15H2,1-2H3. The normalized spacial score (nSPS) is 12.8. The smallest absolute Gasteiger partial charge is 0.212 e. The van der Waals surface area contributed by atoms with Gasteiger partial charge in [-0.05, 0) is 19.1 Å². The third-order valence-electron chi connectivity index (χ3n) is 3.03. The van der Waals surface area contributed by atoms with Crippen molar-refractivity contribution in [2.75, 3.05) is 7.11 Å². The maximum absolute atomic E-state index is 5.86. The molecule has 20 heavy (non-hydrogen) atoms. The van der Waals surface area contributed by atoms with E-state index in [1.165, 1.54) is 0 Å². The maximum Gasteiger partial charge on any atom is 0.212 e. The van der Waals surface area contributed by atoms with Crippen LogP contribution in [-0.2, 0) is 6.42 Å². The summed E-state index contributed by atoms with van der Waals surface area (Å²) in [5, 5.41) is 6.65. The van der Waals surface area contributed by atoms with E-state index in [9.17, 15) is 0 Å². The molecular weight excluding hydrogens is 272 g/mol. The van der Waals surface area contributed by atoms with Gasteiger partial charge in [0.15, 0.2) is 5.82 Å². The Balaban J connectivity index is 2.07. The van der Waals surface area contributed by atoms with E-state index in [0.29, 0.717) is 5.82 Å². The van der Waals surface area contributed by atoms with Crippen LogP contribution in [0.2, 0.25) is 0 Å². The summed E-state index contributed by atoms with van der Waals surface area (Å²) in [5.74, 6) is 1.46. The van der Waals surface area contributed by atoms with E-state index >= 15 is 0 Å². The molecule has 0 radical (unpaired) electrons. The number of ether oxygens (including phenoxy) is 1. The summed E-state index contributed by atoms with van der Waals surface area (Å²) in [5.41, 5.74) is 7.85. The topological polar surface area (TPSA) is 65.4 Å². The molecule has 2 aromatic heterocycles. The second-order valence-corrected chi connectivity index (χ2v) is 5.58. The summed E-state index contributed by atoms with van der Waals surface area (Å²) in [6.45, 7) is 1.99. The molecule has 2 heterocycles. The minimum atomic E-state index is 0.103. The number of thiazole rings is 1. The van der Waals surface area contributed by atoms with Crippen molar-refractivity contribution in [3.8, 4) is 17.1 Å². The molecule has 2 N–H and O–H groups in total. The molecule has 1 atom stereocenters. The van der Waals surface area contributed by atoms with Crippen LogP contribution < -0.4 is 10.5 Å². The summed E-state index contributed by atoms with van der Waals surface area (Å²) >= 11 is 1.58. The van der Waals surface area contributed by atoms with E-state index in [1.54, 1.807) is 18.4 Å². The second-order valence-electron chi connectivity index (χ2n) is 4.74. The van der Waals surface area contributed by atoms with Crippen molar-refractivity contribution in [3.63, 3.8) is 0 Å². The first-order chi connectivity index (χ1) is 9.69. The van der Waals surface area contributed by atoms with Gasteiger partial charge >= 0.3 is 0 Å². The van der Waals surface area contributed by atoms with Crippen LogP contribution in [0.25, 0.3) is 16.3 Å². The molecule has 0 spiro atoms. The quantitative estimate of drug-likeness (QED) is 0.800. The largest absolute Gasteiger partial charge is 0.496 e. The van der Waals surface area contributed by atoms with Crippen molar-refractivity contribution in [1.82, 2.24) is 14.6 Å². The Morgan fingerprint density at radius 3 is 2.95 bits per heavy atom. The van der Waals surface area contributed by atoms with E-state index in [0.717, 1.165) is 28.4 Å². The molecule has 1 unspecified atom stereocenters. The summed E-state index contributed by atoms with van der Waals surface area (Å²) in [4.78, 5) is 5.45. The summed E-state index contributed by atoms with van der Waals surface area (Å²) in [6, 6.07) is 7.86. The van der Waals surface area contributed by atoms with Gasteiger partial charge in [-0.25, -0.2) is 4.52 Å². The first kappa shape index (κ1) is 13.1. The van der Waals surface area contributed by atoms with Crippen molar-refractivity contribution in [3.05, 3.63) is 35.3 Å². The van der Waals surface area contributed by atoms with Crippen molar-refractivity contribution in [2.24, 2.45) is 5.73 Å². The molecule has 0 fully saturated rings. The number of hydrogen-bond donors (Lipinski definition) is 1. The molecular formula is C14H16N4OS. The van der Waals surface area contributed by atoms with Gasteiger partial charge in [-0.3, -0.25) is 0 Å². The zero-order valence-corrected chi connectivity index (χ0v) is 12.2. The lowest BCUT2D eigenvalue weighted by molar-refractivity contribution is 0.416. The van der Waals surface area contributed by atoms with Crippen molar-refractivity contribution in [2.45, 2.75) is 19.4 Å². The van der Waals surface area contributed by atoms with Gasteiger partial charge in [0, 0.05) is 17.8 Å². The summed E-state index contributed by atoms with van der Waals surface area (Å²) < 4.78 is 7.23. The molecule has 0 aliphatic heterocycles. The summed E-state index contributed by atoms with van der Waals surface area (Å²) in [6.07, 6.45) is 0.786. The number of rotatable bonds is 4. The van der Waals surface area contributed by atoms with Crippen molar-refractivity contribution in [1.29, 1.82) is 0 Å². The van der Waals surface area contributed by atoms with Crippen LogP contribution >= 0.6 is 11.3 Å². The first-order valence-corrected chi connectivity index (χ1v) is 7.29. The Morgan fingerprint density at radius 1 is 1.40 bits per heavy atom. The van der Waals surface area contributed by atoms with Gasteiger partial charge in [-0.15, -0.1) is 16.4 Å².